The molecule has 0 bridgehead atoms. The van der Waals surface area contributed by atoms with Gasteiger partial charge in [-0.3, -0.25) is 9.59 Å². The second kappa shape index (κ2) is 10.3. The van der Waals surface area contributed by atoms with Crippen molar-refractivity contribution in [1.29, 1.82) is 0 Å². The highest BCUT2D eigenvalue weighted by molar-refractivity contribution is 6.45. The van der Waals surface area contributed by atoms with Gasteiger partial charge in [-0.05, 0) is 98.2 Å². The zero-order valence-electron chi connectivity index (χ0n) is 23.6. The first kappa shape index (κ1) is 30.2. The molecule has 1 saturated heterocycles. The number of amides is 2. The summed E-state index contributed by atoms with van der Waals surface area (Å²) in [7, 11) is -0.370. The molecule has 212 valence electrons. The molecule has 3 N–H and O–H groups in total. The molecule has 37 heavy (non-hydrogen) atoms. The summed E-state index contributed by atoms with van der Waals surface area (Å²) in [5, 5.41) is 8.76. The van der Waals surface area contributed by atoms with Crippen molar-refractivity contribution in [2.75, 3.05) is 6.54 Å². The van der Waals surface area contributed by atoms with Crippen LogP contribution in [0.4, 0.5) is 13.2 Å². The Morgan fingerprint density at radius 1 is 1.03 bits per heavy atom. The molecule has 0 aromatic carbocycles. The van der Waals surface area contributed by atoms with Gasteiger partial charge >= 0.3 is 13.3 Å². The lowest BCUT2D eigenvalue weighted by Crippen LogP contribution is -2.64. The van der Waals surface area contributed by atoms with Crippen LogP contribution in [0.3, 0.4) is 0 Å². The van der Waals surface area contributed by atoms with Crippen LogP contribution in [-0.4, -0.2) is 60.0 Å². The maximum Gasteiger partial charge on any atom is 0.457 e. The molecule has 3 rings (SSSR count). The maximum absolute atomic E-state index is 13.7. The van der Waals surface area contributed by atoms with Crippen LogP contribution in [0, 0.1) is 17.8 Å². The van der Waals surface area contributed by atoms with E-state index in [1.165, 1.54) is 6.92 Å². The Morgan fingerprint density at radius 3 is 2.14 bits per heavy atom. The summed E-state index contributed by atoms with van der Waals surface area (Å²) in [5.74, 6) is -0.632. The normalized spacial score (nSPS) is 32.9. The molecule has 2 aliphatic carbocycles. The standard InChI is InChI=1S/C26H45BF3N3O4/c1-16(34)32-25(21(35)33-22(2,3)4)14-17-12-18(31-15-26(28,29)30)13-19(17)20(25)10-9-11-27-36-23(5,6)24(7,8)37-27/h17-20,31H,9-15H2,1-8H3,(H,32,34)(H,33,35)/t17-,18-,19-,20+,25+/m1/s1. The Bertz CT molecular complexity index is 845. The lowest BCUT2D eigenvalue weighted by Gasteiger charge is -2.39. The lowest BCUT2D eigenvalue weighted by atomic mass is 9.74. The number of rotatable bonds is 8. The van der Waals surface area contributed by atoms with Gasteiger partial charge in [0.2, 0.25) is 11.8 Å². The molecule has 0 spiro atoms. The minimum atomic E-state index is -4.27. The Morgan fingerprint density at radius 2 is 1.62 bits per heavy atom. The van der Waals surface area contributed by atoms with Crippen molar-refractivity contribution < 1.29 is 32.1 Å². The molecule has 7 nitrogen and oxygen atoms in total. The average Bonchev–Trinajstić information content (AvgIpc) is 3.26. The Hall–Kier alpha value is -1.33. The van der Waals surface area contributed by atoms with Crippen LogP contribution in [0.15, 0.2) is 0 Å². The largest absolute Gasteiger partial charge is 0.457 e. The van der Waals surface area contributed by atoms with Gasteiger partial charge in [-0.2, -0.15) is 13.2 Å². The summed E-state index contributed by atoms with van der Waals surface area (Å²) in [6.45, 7) is 14.1. The molecule has 0 aromatic rings. The van der Waals surface area contributed by atoms with E-state index in [9.17, 15) is 22.8 Å². The molecular weight excluding hydrogens is 486 g/mol. The van der Waals surface area contributed by atoms with E-state index in [1.807, 2.05) is 48.5 Å². The summed E-state index contributed by atoms with van der Waals surface area (Å²) in [6.07, 6.45) is -0.778. The molecule has 3 aliphatic rings. The highest BCUT2D eigenvalue weighted by Crippen LogP contribution is 2.55. The van der Waals surface area contributed by atoms with E-state index in [0.717, 1.165) is 0 Å². The number of hydrogen-bond acceptors (Lipinski definition) is 5. The average molecular weight is 531 g/mol. The van der Waals surface area contributed by atoms with E-state index in [4.69, 9.17) is 9.31 Å². The first-order chi connectivity index (χ1) is 16.7. The van der Waals surface area contributed by atoms with E-state index in [2.05, 4.69) is 16.0 Å². The Balaban J connectivity index is 1.80. The van der Waals surface area contributed by atoms with Crippen molar-refractivity contribution in [3.63, 3.8) is 0 Å². The second-order valence-corrected chi connectivity index (χ2v) is 13.4. The van der Waals surface area contributed by atoms with Crippen LogP contribution in [-0.2, 0) is 18.9 Å². The van der Waals surface area contributed by atoms with Crippen molar-refractivity contribution >= 4 is 18.9 Å². The summed E-state index contributed by atoms with van der Waals surface area (Å²) in [5.41, 5.74) is -2.47. The minimum Gasteiger partial charge on any atom is -0.403 e. The van der Waals surface area contributed by atoms with Crippen LogP contribution in [0.2, 0.25) is 6.32 Å². The van der Waals surface area contributed by atoms with Gasteiger partial charge in [0.05, 0.1) is 17.7 Å². The highest BCUT2D eigenvalue weighted by Gasteiger charge is 2.60. The third-order valence-electron chi connectivity index (χ3n) is 8.62. The molecule has 0 aromatic heterocycles. The third kappa shape index (κ3) is 7.01. The van der Waals surface area contributed by atoms with Crippen LogP contribution < -0.4 is 16.0 Å². The van der Waals surface area contributed by atoms with Crippen LogP contribution in [0.5, 0.6) is 0 Å². The summed E-state index contributed by atoms with van der Waals surface area (Å²) >= 11 is 0. The number of hydrogen-bond donors (Lipinski definition) is 3. The van der Waals surface area contributed by atoms with Gasteiger partial charge in [-0.15, -0.1) is 0 Å². The molecule has 0 unspecified atom stereocenters. The highest BCUT2D eigenvalue weighted by atomic mass is 19.4. The van der Waals surface area contributed by atoms with Gasteiger partial charge in [0.25, 0.3) is 0 Å². The van der Waals surface area contributed by atoms with Crippen molar-refractivity contribution in [3.8, 4) is 0 Å². The number of halogens is 3. The number of carbonyl (C=O) groups is 2. The van der Waals surface area contributed by atoms with E-state index < -0.39 is 35.0 Å². The van der Waals surface area contributed by atoms with Gasteiger partial charge in [0.15, 0.2) is 0 Å². The second-order valence-electron chi connectivity index (χ2n) is 13.4. The van der Waals surface area contributed by atoms with E-state index in [0.29, 0.717) is 38.4 Å². The van der Waals surface area contributed by atoms with Crippen LogP contribution >= 0.6 is 0 Å². The molecule has 2 amide bonds. The molecule has 2 saturated carbocycles. The fraction of sp³-hybridized carbons (Fsp3) is 0.923. The quantitative estimate of drug-likeness (QED) is 0.409. The molecule has 1 aliphatic heterocycles. The van der Waals surface area contributed by atoms with Gasteiger partial charge < -0.3 is 25.3 Å². The van der Waals surface area contributed by atoms with E-state index >= 15 is 0 Å². The van der Waals surface area contributed by atoms with Crippen molar-refractivity contribution in [2.45, 2.75) is 128 Å². The number of nitrogens with one attached hydrogen (secondary N) is 3. The number of carbonyl (C=O) groups excluding carboxylic acids is 2. The molecule has 11 heteroatoms. The fourth-order valence-corrected chi connectivity index (χ4v) is 6.52. The SMILES string of the molecule is CC(=O)N[C@@]1(C(=O)NC(C)(C)C)C[C@H]2C[C@@H](NCC(F)(F)F)C[C@H]2[C@@H]1CCCB1OC(C)(C)C(C)(C)O1. The number of fused-ring (bicyclic) bond motifs is 1. The molecule has 1 heterocycles. The monoisotopic (exact) mass is 531 g/mol. The number of alkyl halides is 3. The Kier molecular flexibility index (Phi) is 8.44. The molecule has 3 fully saturated rings. The molecule has 0 radical (unpaired) electrons. The predicted octanol–water partition coefficient (Wildman–Crippen LogP) is 4.22. The van der Waals surface area contributed by atoms with Crippen molar-refractivity contribution in [3.05, 3.63) is 0 Å². The van der Waals surface area contributed by atoms with E-state index in [-0.39, 0.29) is 42.7 Å². The topological polar surface area (TPSA) is 88.7 Å². The van der Waals surface area contributed by atoms with Gasteiger partial charge in [-0.1, -0.05) is 6.42 Å². The summed E-state index contributed by atoms with van der Waals surface area (Å²) in [6, 6.07) is -0.261. The fourth-order valence-electron chi connectivity index (χ4n) is 6.52. The minimum absolute atomic E-state index is 0.0293. The van der Waals surface area contributed by atoms with Gasteiger partial charge in [0, 0.05) is 18.5 Å². The third-order valence-corrected chi connectivity index (χ3v) is 8.62. The van der Waals surface area contributed by atoms with E-state index in [1.54, 1.807) is 0 Å². The van der Waals surface area contributed by atoms with Gasteiger partial charge in [0.1, 0.15) is 5.54 Å². The molecular formula is C26H45BF3N3O4. The summed E-state index contributed by atoms with van der Waals surface area (Å²) in [4.78, 5) is 26.1. The smallest absolute Gasteiger partial charge is 0.403 e. The van der Waals surface area contributed by atoms with Crippen molar-refractivity contribution in [2.24, 2.45) is 17.8 Å². The first-order valence-electron chi connectivity index (χ1n) is 13.5. The van der Waals surface area contributed by atoms with Crippen LogP contribution in [0.1, 0.15) is 87.5 Å². The Labute approximate surface area is 219 Å². The zero-order chi connectivity index (χ0) is 28.0. The molecule has 5 atom stereocenters. The predicted molar refractivity (Wildman–Crippen MR) is 137 cm³/mol. The van der Waals surface area contributed by atoms with Crippen molar-refractivity contribution in [1.82, 2.24) is 16.0 Å². The maximum atomic E-state index is 13.7. The van der Waals surface area contributed by atoms with Crippen LogP contribution in [0.25, 0.3) is 0 Å². The van der Waals surface area contributed by atoms with Gasteiger partial charge in [-0.25, -0.2) is 0 Å². The lowest BCUT2D eigenvalue weighted by molar-refractivity contribution is -0.136. The first-order valence-corrected chi connectivity index (χ1v) is 13.5. The zero-order valence-corrected chi connectivity index (χ0v) is 23.6. The summed E-state index contributed by atoms with van der Waals surface area (Å²) < 4.78 is 50.8.